The lowest BCUT2D eigenvalue weighted by Gasteiger charge is -2.31. The van der Waals surface area contributed by atoms with Gasteiger partial charge in [-0.15, -0.1) is 0 Å². The smallest absolute Gasteiger partial charge is 0.243 e. The minimum Gasteiger partial charge on any atom is -0.497 e. The fraction of sp³-hybridized carbons (Fsp3) is 0.444. The van der Waals surface area contributed by atoms with Gasteiger partial charge in [-0.25, -0.2) is 8.42 Å². The Morgan fingerprint density at radius 2 is 1.85 bits per heavy atom. The number of amides is 1. The third-order valence-electron chi connectivity index (χ3n) is 7.09. The lowest BCUT2D eigenvalue weighted by atomic mass is 9.97. The Hall–Kier alpha value is -3.52. The Balaban J connectivity index is 1.24. The predicted octanol–water partition coefficient (Wildman–Crippen LogP) is 2.63. The zero-order chi connectivity index (χ0) is 28.1. The van der Waals surface area contributed by atoms with Gasteiger partial charge in [-0.1, -0.05) is 5.16 Å². The molecule has 1 unspecified atom stereocenters. The van der Waals surface area contributed by atoms with Crippen LogP contribution < -0.4 is 14.8 Å². The fourth-order valence-electron chi connectivity index (χ4n) is 4.90. The molecule has 13 heteroatoms. The summed E-state index contributed by atoms with van der Waals surface area (Å²) in [4.78, 5) is 20.0. The molecule has 1 N–H and O–H groups in total. The number of carbonyl (C=O) groups is 1. The number of sulfonamides is 1. The van der Waals surface area contributed by atoms with Crippen LogP contribution in [0.5, 0.6) is 11.5 Å². The highest BCUT2D eigenvalue weighted by atomic mass is 32.2. The Kier molecular flexibility index (Phi) is 8.64. The number of anilines is 1. The van der Waals surface area contributed by atoms with Gasteiger partial charge in [0.1, 0.15) is 11.5 Å². The van der Waals surface area contributed by atoms with Crippen molar-refractivity contribution in [3.63, 3.8) is 0 Å². The molecule has 214 valence electrons. The predicted molar refractivity (Wildman–Crippen MR) is 145 cm³/mol. The van der Waals surface area contributed by atoms with E-state index in [1.165, 1.54) is 23.5 Å². The number of hydrogen-bond acceptors (Lipinski definition) is 10. The lowest BCUT2D eigenvalue weighted by Crippen LogP contribution is -2.41. The molecule has 2 aliphatic heterocycles. The van der Waals surface area contributed by atoms with Gasteiger partial charge in [-0.05, 0) is 61.9 Å². The molecule has 1 amide bonds. The molecule has 3 aromatic rings. The zero-order valence-corrected chi connectivity index (χ0v) is 23.4. The molecule has 0 saturated carbocycles. The molecule has 2 aliphatic rings. The molecule has 2 fully saturated rings. The van der Waals surface area contributed by atoms with E-state index in [4.69, 9.17) is 18.7 Å². The normalized spacial score (nSPS) is 18.8. The molecule has 5 rings (SSSR count). The number of carbonyl (C=O) groups excluding carboxylic acids is 1. The maximum atomic E-state index is 13.3. The van der Waals surface area contributed by atoms with Crippen molar-refractivity contribution in [3.05, 3.63) is 48.4 Å². The number of ether oxygens (including phenoxy) is 3. The first-order valence-electron chi connectivity index (χ1n) is 13.1. The van der Waals surface area contributed by atoms with Crippen LogP contribution in [0, 0.1) is 5.92 Å². The summed E-state index contributed by atoms with van der Waals surface area (Å²) in [5, 5.41) is 7.00. The van der Waals surface area contributed by atoms with Crippen LogP contribution in [-0.4, -0.2) is 87.3 Å². The molecule has 1 atom stereocenters. The molecular weight excluding hydrogens is 538 g/mol. The summed E-state index contributed by atoms with van der Waals surface area (Å²) in [6.45, 7) is 2.99. The van der Waals surface area contributed by atoms with E-state index in [0.717, 1.165) is 24.3 Å². The van der Waals surface area contributed by atoms with Crippen molar-refractivity contribution in [1.82, 2.24) is 19.3 Å². The minimum absolute atomic E-state index is 0.0971. The van der Waals surface area contributed by atoms with Crippen molar-refractivity contribution >= 4 is 21.6 Å². The first kappa shape index (κ1) is 28.0. The average Bonchev–Trinajstić information content (AvgIpc) is 3.46. The minimum atomic E-state index is -3.73. The van der Waals surface area contributed by atoms with Crippen LogP contribution in [0.15, 0.2) is 51.9 Å². The zero-order valence-electron chi connectivity index (χ0n) is 22.5. The number of rotatable bonds is 9. The second-order valence-corrected chi connectivity index (χ2v) is 11.6. The molecule has 3 heterocycles. The summed E-state index contributed by atoms with van der Waals surface area (Å²) in [6.07, 6.45) is 1.53. The van der Waals surface area contributed by atoms with Crippen molar-refractivity contribution in [2.45, 2.75) is 24.3 Å². The van der Waals surface area contributed by atoms with Crippen LogP contribution in [0.25, 0.3) is 11.4 Å². The number of nitrogens with one attached hydrogen (secondary N) is 1. The molecule has 2 saturated heterocycles. The van der Waals surface area contributed by atoms with Crippen molar-refractivity contribution in [3.8, 4) is 22.9 Å². The topological polar surface area (TPSA) is 136 Å². The number of benzene rings is 2. The number of likely N-dealkylation sites (tertiary alicyclic amines) is 1. The van der Waals surface area contributed by atoms with Gasteiger partial charge in [0.15, 0.2) is 0 Å². The molecule has 0 aliphatic carbocycles. The van der Waals surface area contributed by atoms with E-state index in [1.807, 2.05) is 24.3 Å². The van der Waals surface area contributed by atoms with E-state index in [9.17, 15) is 13.2 Å². The van der Waals surface area contributed by atoms with Crippen LogP contribution >= 0.6 is 0 Å². The molecule has 0 bridgehead atoms. The third-order valence-corrected chi connectivity index (χ3v) is 8.98. The highest BCUT2D eigenvalue weighted by Crippen LogP contribution is 2.31. The summed E-state index contributed by atoms with van der Waals surface area (Å²) in [5.41, 5.74) is 1.14. The van der Waals surface area contributed by atoms with E-state index in [2.05, 4.69) is 20.4 Å². The second kappa shape index (κ2) is 12.3. The van der Waals surface area contributed by atoms with Gasteiger partial charge in [-0.3, -0.25) is 9.69 Å². The SMILES string of the molecule is COc1ccc(-c2noc(CN3CCCC(C(=O)Nc4cc(S(=O)(=O)N5CCOCC5)ccc4OC)C3)n2)cc1. The van der Waals surface area contributed by atoms with E-state index >= 15 is 0 Å². The Labute approximate surface area is 233 Å². The lowest BCUT2D eigenvalue weighted by molar-refractivity contribution is -0.121. The average molecular weight is 572 g/mol. The standard InChI is InChI=1S/C27H33N5O7S/c1-36-21-7-5-19(6-8-21)26-29-25(39-30-26)18-31-11-3-4-20(17-31)27(33)28-23-16-22(9-10-24(23)37-2)40(34,35)32-12-14-38-15-13-32/h5-10,16,20H,3-4,11-15,17-18H2,1-2H3,(H,28,33). The number of morpholine rings is 1. The van der Waals surface area contributed by atoms with Crippen molar-refractivity contribution in [1.29, 1.82) is 0 Å². The summed E-state index contributed by atoms with van der Waals surface area (Å²) < 4.78 is 49.0. The molecular formula is C27H33N5O7S. The number of methoxy groups -OCH3 is 2. The number of piperidine rings is 1. The van der Waals surface area contributed by atoms with Gasteiger partial charge < -0.3 is 24.1 Å². The highest BCUT2D eigenvalue weighted by Gasteiger charge is 2.30. The molecule has 2 aromatic carbocycles. The Bertz CT molecular complexity index is 1420. The van der Waals surface area contributed by atoms with E-state index < -0.39 is 10.0 Å². The largest absolute Gasteiger partial charge is 0.497 e. The van der Waals surface area contributed by atoms with Gasteiger partial charge in [0.25, 0.3) is 0 Å². The Morgan fingerprint density at radius 3 is 2.58 bits per heavy atom. The first-order valence-corrected chi connectivity index (χ1v) is 14.6. The maximum Gasteiger partial charge on any atom is 0.243 e. The van der Waals surface area contributed by atoms with Crippen molar-refractivity contribution in [2.75, 3.05) is 58.9 Å². The van der Waals surface area contributed by atoms with E-state index in [0.29, 0.717) is 55.9 Å². The fourth-order valence-corrected chi connectivity index (χ4v) is 6.33. The van der Waals surface area contributed by atoms with Crippen molar-refractivity contribution in [2.24, 2.45) is 5.92 Å². The van der Waals surface area contributed by atoms with Gasteiger partial charge in [0, 0.05) is 25.2 Å². The number of aromatic nitrogens is 2. The van der Waals surface area contributed by atoms with Crippen molar-refractivity contribution < 1.29 is 31.9 Å². The molecule has 1 aromatic heterocycles. The first-order chi connectivity index (χ1) is 19.4. The number of hydrogen-bond donors (Lipinski definition) is 1. The van der Waals surface area contributed by atoms with Crippen LogP contribution in [0.1, 0.15) is 18.7 Å². The maximum absolute atomic E-state index is 13.3. The Morgan fingerprint density at radius 1 is 1.07 bits per heavy atom. The molecule has 12 nitrogen and oxygen atoms in total. The molecule has 0 radical (unpaired) electrons. The quantitative estimate of drug-likeness (QED) is 0.408. The molecule has 40 heavy (non-hydrogen) atoms. The third kappa shape index (κ3) is 6.28. The van der Waals surface area contributed by atoms with E-state index in [1.54, 1.807) is 13.2 Å². The molecule has 0 spiro atoms. The van der Waals surface area contributed by atoms with E-state index in [-0.39, 0.29) is 29.8 Å². The van der Waals surface area contributed by atoms with Gasteiger partial charge >= 0.3 is 0 Å². The summed E-state index contributed by atoms with van der Waals surface area (Å²) in [7, 11) is -0.637. The van der Waals surface area contributed by atoms with Crippen LogP contribution in [-0.2, 0) is 26.1 Å². The van der Waals surface area contributed by atoms with Crippen LogP contribution in [0.4, 0.5) is 5.69 Å². The van der Waals surface area contributed by atoms with Gasteiger partial charge in [0.2, 0.25) is 27.6 Å². The summed E-state index contributed by atoms with van der Waals surface area (Å²) in [6, 6.07) is 11.9. The highest BCUT2D eigenvalue weighted by molar-refractivity contribution is 7.89. The van der Waals surface area contributed by atoms with Crippen LogP contribution in [0.3, 0.4) is 0 Å². The van der Waals surface area contributed by atoms with Gasteiger partial charge in [-0.2, -0.15) is 9.29 Å². The summed E-state index contributed by atoms with van der Waals surface area (Å²) >= 11 is 0. The summed E-state index contributed by atoms with van der Waals surface area (Å²) in [5.74, 6) is 1.58. The second-order valence-electron chi connectivity index (χ2n) is 9.68. The van der Waals surface area contributed by atoms with Crippen LogP contribution in [0.2, 0.25) is 0 Å². The monoisotopic (exact) mass is 571 g/mol. The number of nitrogens with zero attached hydrogens (tertiary/aromatic N) is 4. The van der Waals surface area contributed by atoms with Gasteiger partial charge in [0.05, 0.1) is 50.5 Å².